The van der Waals surface area contributed by atoms with Crippen LogP contribution in [-0.2, 0) is 17.6 Å². The van der Waals surface area contributed by atoms with Crippen LogP contribution in [0, 0.1) is 0 Å². The van der Waals surface area contributed by atoms with Crippen molar-refractivity contribution in [1.82, 2.24) is 5.32 Å². The first-order valence-corrected chi connectivity index (χ1v) is 6.97. The van der Waals surface area contributed by atoms with Crippen molar-refractivity contribution < 1.29 is 4.79 Å². The highest BCUT2D eigenvalue weighted by Crippen LogP contribution is 2.08. The Hall–Kier alpha value is -1.13. The molecule has 0 fully saturated rings. The number of carbonyl (C=O) groups excluding carboxylic acids is 1. The molecular weight excluding hydrogens is 238 g/mol. The smallest absolute Gasteiger partial charge is 0.224 e. The van der Waals surface area contributed by atoms with E-state index in [2.05, 4.69) is 16.8 Å². The molecular formula is C12H13NOS2. The maximum Gasteiger partial charge on any atom is 0.224 e. The van der Waals surface area contributed by atoms with E-state index < -0.39 is 0 Å². The molecule has 0 aliphatic rings. The minimum Gasteiger partial charge on any atom is -0.355 e. The van der Waals surface area contributed by atoms with Crippen LogP contribution in [0.5, 0.6) is 0 Å². The lowest BCUT2D eigenvalue weighted by Crippen LogP contribution is -2.26. The number of carbonyl (C=O) groups is 1. The van der Waals surface area contributed by atoms with E-state index in [1.54, 1.807) is 22.7 Å². The fourth-order valence-corrected chi connectivity index (χ4v) is 2.80. The predicted octanol–water partition coefficient (Wildman–Crippen LogP) is 2.71. The molecule has 0 aliphatic carbocycles. The van der Waals surface area contributed by atoms with Crippen LogP contribution in [0.15, 0.2) is 34.3 Å². The second-order valence-electron chi connectivity index (χ2n) is 3.49. The van der Waals surface area contributed by atoms with E-state index in [0.29, 0.717) is 6.42 Å². The van der Waals surface area contributed by atoms with Gasteiger partial charge in [-0.25, -0.2) is 0 Å². The van der Waals surface area contributed by atoms with Gasteiger partial charge in [0.25, 0.3) is 0 Å². The van der Waals surface area contributed by atoms with Crippen molar-refractivity contribution in [3.8, 4) is 0 Å². The van der Waals surface area contributed by atoms with E-state index in [4.69, 9.17) is 0 Å². The summed E-state index contributed by atoms with van der Waals surface area (Å²) in [7, 11) is 0. The molecule has 0 aliphatic heterocycles. The number of hydrogen-bond acceptors (Lipinski definition) is 3. The Morgan fingerprint density at radius 2 is 2.25 bits per heavy atom. The lowest BCUT2D eigenvalue weighted by Gasteiger charge is -2.02. The van der Waals surface area contributed by atoms with Crippen LogP contribution >= 0.6 is 22.7 Å². The Bertz CT molecular complexity index is 420. The topological polar surface area (TPSA) is 29.1 Å². The van der Waals surface area contributed by atoms with Gasteiger partial charge >= 0.3 is 0 Å². The molecule has 1 N–H and O–H groups in total. The van der Waals surface area contributed by atoms with E-state index in [-0.39, 0.29) is 5.91 Å². The zero-order valence-electron chi connectivity index (χ0n) is 8.81. The highest BCUT2D eigenvalue weighted by atomic mass is 32.1. The lowest BCUT2D eigenvalue weighted by molar-refractivity contribution is -0.120. The van der Waals surface area contributed by atoms with E-state index in [1.807, 2.05) is 22.9 Å². The zero-order valence-corrected chi connectivity index (χ0v) is 10.4. The Morgan fingerprint density at radius 1 is 1.31 bits per heavy atom. The van der Waals surface area contributed by atoms with Crippen LogP contribution in [0.1, 0.15) is 10.4 Å². The molecule has 16 heavy (non-hydrogen) atoms. The summed E-state index contributed by atoms with van der Waals surface area (Å²) >= 11 is 3.36. The second kappa shape index (κ2) is 5.82. The average Bonchev–Trinajstić information content (AvgIpc) is 2.90. The normalized spacial score (nSPS) is 10.2. The summed E-state index contributed by atoms with van der Waals surface area (Å²) in [6.45, 7) is 0.726. The van der Waals surface area contributed by atoms with Gasteiger partial charge in [0.2, 0.25) is 5.91 Å². The van der Waals surface area contributed by atoms with Crippen molar-refractivity contribution in [1.29, 1.82) is 0 Å². The van der Waals surface area contributed by atoms with E-state index in [1.165, 1.54) is 4.88 Å². The van der Waals surface area contributed by atoms with Gasteiger partial charge in [0.1, 0.15) is 0 Å². The van der Waals surface area contributed by atoms with Gasteiger partial charge in [0.05, 0.1) is 6.42 Å². The van der Waals surface area contributed by atoms with E-state index in [0.717, 1.165) is 18.5 Å². The third-order valence-corrected chi connectivity index (χ3v) is 3.89. The van der Waals surface area contributed by atoms with Crippen molar-refractivity contribution in [2.24, 2.45) is 0 Å². The van der Waals surface area contributed by atoms with Crippen LogP contribution in [0.2, 0.25) is 0 Å². The molecule has 0 unspecified atom stereocenters. The Labute approximate surface area is 103 Å². The first-order chi connectivity index (χ1) is 7.84. The van der Waals surface area contributed by atoms with Crippen molar-refractivity contribution in [3.63, 3.8) is 0 Å². The fourth-order valence-electron chi connectivity index (χ4n) is 1.42. The standard InChI is InChI=1S/C12H13NOS2/c14-12(8-10-4-7-15-9-10)13-5-3-11-2-1-6-16-11/h1-2,4,6-7,9H,3,5,8H2,(H,13,14). The quantitative estimate of drug-likeness (QED) is 0.870. The molecule has 0 saturated carbocycles. The van der Waals surface area contributed by atoms with Gasteiger partial charge in [-0.05, 0) is 40.3 Å². The second-order valence-corrected chi connectivity index (χ2v) is 5.30. The summed E-state index contributed by atoms with van der Waals surface area (Å²) in [4.78, 5) is 12.9. The molecule has 84 valence electrons. The summed E-state index contributed by atoms with van der Waals surface area (Å²) in [6.07, 6.45) is 1.42. The van der Waals surface area contributed by atoms with Crippen LogP contribution in [0.25, 0.3) is 0 Å². The summed E-state index contributed by atoms with van der Waals surface area (Å²) in [6, 6.07) is 6.12. The first-order valence-electron chi connectivity index (χ1n) is 5.15. The summed E-state index contributed by atoms with van der Waals surface area (Å²) < 4.78 is 0. The highest BCUT2D eigenvalue weighted by molar-refractivity contribution is 7.09. The molecule has 0 saturated heterocycles. The molecule has 1 amide bonds. The Morgan fingerprint density at radius 3 is 2.94 bits per heavy atom. The lowest BCUT2D eigenvalue weighted by atomic mass is 10.2. The van der Waals surface area contributed by atoms with Crippen molar-refractivity contribution in [2.75, 3.05) is 6.54 Å². The van der Waals surface area contributed by atoms with Gasteiger partial charge < -0.3 is 5.32 Å². The van der Waals surface area contributed by atoms with Gasteiger partial charge in [0, 0.05) is 11.4 Å². The molecule has 2 heterocycles. The van der Waals surface area contributed by atoms with E-state index >= 15 is 0 Å². The monoisotopic (exact) mass is 251 g/mol. The minimum atomic E-state index is 0.106. The summed E-state index contributed by atoms with van der Waals surface area (Å²) in [5.74, 6) is 0.106. The molecule has 2 nitrogen and oxygen atoms in total. The van der Waals surface area contributed by atoms with E-state index in [9.17, 15) is 4.79 Å². The Balaban J connectivity index is 1.68. The van der Waals surface area contributed by atoms with Crippen LogP contribution < -0.4 is 5.32 Å². The molecule has 0 radical (unpaired) electrons. The van der Waals surface area contributed by atoms with Gasteiger partial charge in [-0.1, -0.05) is 6.07 Å². The van der Waals surface area contributed by atoms with Crippen molar-refractivity contribution >= 4 is 28.6 Å². The third-order valence-electron chi connectivity index (χ3n) is 2.22. The van der Waals surface area contributed by atoms with Gasteiger partial charge in [0.15, 0.2) is 0 Å². The van der Waals surface area contributed by atoms with Crippen molar-refractivity contribution in [3.05, 3.63) is 44.8 Å². The predicted molar refractivity (Wildman–Crippen MR) is 69.1 cm³/mol. The van der Waals surface area contributed by atoms with Gasteiger partial charge in [-0.3, -0.25) is 4.79 Å². The molecule has 4 heteroatoms. The minimum absolute atomic E-state index is 0.106. The molecule has 0 atom stereocenters. The van der Waals surface area contributed by atoms with Crippen molar-refractivity contribution in [2.45, 2.75) is 12.8 Å². The third kappa shape index (κ3) is 3.47. The maximum absolute atomic E-state index is 11.5. The van der Waals surface area contributed by atoms with Crippen LogP contribution in [-0.4, -0.2) is 12.5 Å². The van der Waals surface area contributed by atoms with Gasteiger partial charge in [-0.2, -0.15) is 11.3 Å². The van der Waals surface area contributed by atoms with Gasteiger partial charge in [-0.15, -0.1) is 11.3 Å². The fraction of sp³-hybridized carbons (Fsp3) is 0.250. The Kier molecular flexibility index (Phi) is 4.13. The van der Waals surface area contributed by atoms with Crippen LogP contribution in [0.3, 0.4) is 0 Å². The maximum atomic E-state index is 11.5. The number of amides is 1. The molecule has 2 aromatic heterocycles. The van der Waals surface area contributed by atoms with Crippen LogP contribution in [0.4, 0.5) is 0 Å². The largest absolute Gasteiger partial charge is 0.355 e. The molecule has 0 bridgehead atoms. The number of thiophene rings is 2. The molecule has 2 rings (SSSR count). The SMILES string of the molecule is O=C(Cc1ccsc1)NCCc1cccs1. The molecule has 0 aromatic carbocycles. The number of rotatable bonds is 5. The molecule has 0 spiro atoms. The summed E-state index contributed by atoms with van der Waals surface area (Å²) in [5, 5.41) is 9.00. The number of hydrogen-bond donors (Lipinski definition) is 1. The first kappa shape index (κ1) is 11.4. The average molecular weight is 251 g/mol. The highest BCUT2D eigenvalue weighted by Gasteiger charge is 2.03. The number of nitrogens with one attached hydrogen (secondary N) is 1. The summed E-state index contributed by atoms with van der Waals surface area (Å²) in [5.41, 5.74) is 1.10. The zero-order chi connectivity index (χ0) is 11.2. The molecule has 2 aromatic rings.